The number of aliphatic hydroxyl groups is 9. The maximum absolute atomic E-state index is 13.1. The molecule has 0 aliphatic carbocycles. The second-order valence-corrected chi connectivity index (χ2v) is 21.1. The maximum atomic E-state index is 13.1. The number of carbonyl (C=O) groups excluding carboxylic acids is 3. The van der Waals surface area contributed by atoms with Crippen LogP contribution in [0.3, 0.4) is 0 Å². The van der Waals surface area contributed by atoms with Crippen molar-refractivity contribution in [3.05, 3.63) is 0 Å². The van der Waals surface area contributed by atoms with Gasteiger partial charge in [0.1, 0.15) is 79.2 Å². The standard InChI is InChI=1S/C47H78N4O27/c1-16(12-52)29(59)36(75-41-21-10-46(6,44(64)65)77-33(21)31(61)23(13-53)70-41)26(49-18(3)56)39(63)73-37-27(50-19(4)57)42(69-17(2)30(37)60)76-38-28(51-20(5)58)43(71-24(14-54)32(38)62)74-35-25(15-55)72-40(68-9-8-48)22-11-47(7,45(66)67)78-34(22)35/h16-17,21-43,52-55,59-63H,8-15,48H2,1-7H3,(H,49,56)(H,50,57)(H,51,58)(H,64,65)(H,66,67)/t16?,17?,21?,22?,23?,24?,25?,26?,27?,28?,29?,30?,31?,32?,33?,34?,35?,36?,37?,38?,39?,40?,41?,42?,43?,46-,47-/m0/s1. The van der Waals surface area contributed by atoms with Crippen LogP contribution in [0.25, 0.3) is 0 Å². The first-order valence-corrected chi connectivity index (χ1v) is 25.7. The molecule has 0 bridgehead atoms. The van der Waals surface area contributed by atoms with E-state index in [9.17, 15) is 80.1 Å². The van der Waals surface area contributed by atoms with E-state index >= 15 is 0 Å². The molecule has 0 spiro atoms. The topological polar surface area (TPSA) is 472 Å². The summed E-state index contributed by atoms with van der Waals surface area (Å²) in [6, 6.07) is -5.26. The van der Waals surface area contributed by atoms with Gasteiger partial charge in [-0.3, -0.25) is 14.4 Å². The Morgan fingerprint density at radius 3 is 1.68 bits per heavy atom. The summed E-state index contributed by atoms with van der Waals surface area (Å²) in [4.78, 5) is 63.9. The summed E-state index contributed by atoms with van der Waals surface area (Å²) in [6.07, 6.45) is -31.6. The Kier molecular flexibility index (Phi) is 21.7. The third kappa shape index (κ3) is 13.7. The number of carbonyl (C=O) groups is 5. The lowest BCUT2D eigenvalue weighted by Crippen LogP contribution is -2.71. The normalized spacial score (nSPS) is 42.5. The van der Waals surface area contributed by atoms with E-state index in [0.29, 0.717) is 0 Å². The number of nitrogens with two attached hydrogens (primary N) is 1. The molecule has 27 atom stereocenters. The zero-order valence-corrected chi connectivity index (χ0v) is 44.1. The molecular weight excluding hydrogens is 1050 g/mol. The van der Waals surface area contributed by atoms with Crippen molar-refractivity contribution in [2.24, 2.45) is 23.5 Å². The van der Waals surface area contributed by atoms with Crippen molar-refractivity contribution in [3.63, 3.8) is 0 Å². The molecule has 6 heterocycles. The van der Waals surface area contributed by atoms with Crippen LogP contribution in [0.4, 0.5) is 0 Å². The Morgan fingerprint density at radius 1 is 0.654 bits per heavy atom. The minimum absolute atomic E-state index is 0.0172. The summed E-state index contributed by atoms with van der Waals surface area (Å²) < 4.78 is 67.1. The molecule has 0 radical (unpaired) electrons. The second kappa shape index (κ2) is 26.6. The number of nitrogens with one attached hydrogen (secondary N) is 3. The molecule has 6 fully saturated rings. The van der Waals surface area contributed by atoms with Crippen molar-refractivity contribution in [1.29, 1.82) is 0 Å². The number of amides is 3. The summed E-state index contributed by atoms with van der Waals surface area (Å²) >= 11 is 0. The van der Waals surface area contributed by atoms with E-state index < -0.39 is 220 Å². The molecule has 6 rings (SSSR count). The number of aliphatic hydroxyl groups excluding tert-OH is 9. The predicted octanol–water partition coefficient (Wildman–Crippen LogP) is -7.20. The van der Waals surface area contributed by atoms with Gasteiger partial charge in [0.2, 0.25) is 17.7 Å². The SMILES string of the molecule is CC(=O)NC(C(O)OC1C(O)C(C)OC(OC2C(O)C(CO)OC(OC3C(CO)OC(OCCN)C4C[C@@](C)(C(=O)O)OC43)C2NC(C)=O)C1NC(C)=O)C(OC1OC(CO)C(O)C2O[C@](C)(C(=O)O)CC12)C(O)C(C)CO. The predicted molar refractivity (Wildman–Crippen MR) is 253 cm³/mol. The van der Waals surface area contributed by atoms with E-state index in [1.165, 1.54) is 27.7 Å². The van der Waals surface area contributed by atoms with Gasteiger partial charge in [-0.2, -0.15) is 0 Å². The molecule has 3 amide bonds. The molecule has 0 saturated carbocycles. The molecule has 6 aliphatic heterocycles. The van der Waals surface area contributed by atoms with Gasteiger partial charge in [-0.05, 0) is 33.6 Å². The van der Waals surface area contributed by atoms with Gasteiger partial charge < -0.3 is 130 Å². The van der Waals surface area contributed by atoms with Crippen LogP contribution in [0.15, 0.2) is 0 Å². The number of carboxylic acids is 2. The lowest BCUT2D eigenvalue weighted by Gasteiger charge is -2.50. The van der Waals surface area contributed by atoms with Crippen molar-refractivity contribution in [2.45, 2.75) is 208 Å². The average molecular weight is 1130 g/mol. The molecule has 78 heavy (non-hydrogen) atoms. The number of hydrogen-bond donors (Lipinski definition) is 15. The first kappa shape index (κ1) is 63.7. The van der Waals surface area contributed by atoms with Crippen LogP contribution in [0.2, 0.25) is 0 Å². The minimum Gasteiger partial charge on any atom is -0.479 e. The van der Waals surface area contributed by atoms with Gasteiger partial charge in [-0.25, -0.2) is 9.59 Å². The summed E-state index contributed by atoms with van der Waals surface area (Å²) in [5, 5.41) is 128. The van der Waals surface area contributed by atoms with Gasteiger partial charge >= 0.3 is 11.9 Å². The number of aliphatic carboxylic acids is 2. The monoisotopic (exact) mass is 1130 g/mol. The number of carboxylic acid groups (broad SMARTS) is 2. The maximum Gasteiger partial charge on any atom is 0.335 e. The molecule has 25 unspecified atom stereocenters. The fourth-order valence-corrected chi connectivity index (χ4v) is 11.0. The molecule has 16 N–H and O–H groups in total. The van der Waals surface area contributed by atoms with E-state index in [-0.39, 0.29) is 26.0 Å². The Balaban J connectivity index is 1.34. The van der Waals surface area contributed by atoms with Crippen LogP contribution in [-0.2, 0) is 76.1 Å². The van der Waals surface area contributed by atoms with Gasteiger partial charge in [0.15, 0.2) is 42.7 Å². The largest absolute Gasteiger partial charge is 0.479 e. The van der Waals surface area contributed by atoms with Crippen molar-refractivity contribution in [2.75, 3.05) is 39.6 Å². The molecule has 0 aromatic heterocycles. The molecule has 6 saturated heterocycles. The minimum atomic E-state index is -2.39. The van der Waals surface area contributed by atoms with Crippen LogP contribution < -0.4 is 21.7 Å². The molecule has 448 valence electrons. The molecular formula is C47H78N4O27. The van der Waals surface area contributed by atoms with E-state index in [1.807, 2.05) is 0 Å². The zero-order valence-electron chi connectivity index (χ0n) is 44.1. The summed E-state index contributed by atoms with van der Waals surface area (Å²) in [5.41, 5.74) is 1.95. The van der Waals surface area contributed by atoms with Crippen LogP contribution in [0, 0.1) is 17.8 Å². The zero-order chi connectivity index (χ0) is 57.9. The number of rotatable bonds is 24. The third-order valence-electron chi connectivity index (χ3n) is 15.1. The van der Waals surface area contributed by atoms with Crippen molar-refractivity contribution in [1.82, 2.24) is 16.0 Å². The van der Waals surface area contributed by atoms with Gasteiger partial charge in [0.25, 0.3) is 0 Å². The van der Waals surface area contributed by atoms with Crippen LogP contribution >= 0.6 is 0 Å². The van der Waals surface area contributed by atoms with Crippen molar-refractivity contribution >= 4 is 29.7 Å². The Hall–Kier alpha value is -3.49. The third-order valence-corrected chi connectivity index (χ3v) is 15.1. The van der Waals surface area contributed by atoms with Gasteiger partial charge in [0.05, 0.1) is 50.8 Å². The Morgan fingerprint density at radius 2 is 1.15 bits per heavy atom. The Labute approximate surface area is 447 Å². The number of ether oxygens (including phenoxy) is 11. The van der Waals surface area contributed by atoms with Crippen molar-refractivity contribution < 1.29 is 132 Å². The first-order chi connectivity index (χ1) is 36.7. The summed E-state index contributed by atoms with van der Waals surface area (Å²) in [5.74, 6) is -8.27. The van der Waals surface area contributed by atoms with E-state index in [0.717, 1.165) is 20.8 Å². The molecule has 31 heteroatoms. The fraction of sp³-hybridized carbons (Fsp3) is 0.894. The quantitative estimate of drug-likeness (QED) is 0.0399. The molecule has 6 aliphatic rings. The lowest BCUT2D eigenvalue weighted by atomic mass is 9.86. The summed E-state index contributed by atoms with van der Waals surface area (Å²) in [6.45, 7) is 5.26. The highest BCUT2D eigenvalue weighted by Gasteiger charge is 2.62. The second-order valence-electron chi connectivity index (χ2n) is 21.1. The Bertz CT molecular complexity index is 2050. The fourth-order valence-electron chi connectivity index (χ4n) is 11.0. The highest BCUT2D eigenvalue weighted by atomic mass is 16.8. The van der Waals surface area contributed by atoms with Gasteiger partial charge in [-0.15, -0.1) is 0 Å². The van der Waals surface area contributed by atoms with Crippen LogP contribution in [-0.4, -0.2) is 272 Å². The lowest BCUT2D eigenvalue weighted by molar-refractivity contribution is -0.356. The summed E-state index contributed by atoms with van der Waals surface area (Å²) in [7, 11) is 0. The molecule has 0 aromatic carbocycles. The highest BCUT2D eigenvalue weighted by molar-refractivity contribution is 5.78. The number of hydrogen-bond acceptors (Lipinski definition) is 26. The van der Waals surface area contributed by atoms with E-state index in [2.05, 4.69) is 16.0 Å². The molecule has 0 aromatic rings. The number of fused-ring (bicyclic) bond motifs is 2. The smallest absolute Gasteiger partial charge is 0.335 e. The van der Waals surface area contributed by atoms with E-state index in [1.54, 1.807) is 0 Å². The highest BCUT2D eigenvalue weighted by Crippen LogP contribution is 2.47. The van der Waals surface area contributed by atoms with Crippen molar-refractivity contribution in [3.8, 4) is 0 Å². The van der Waals surface area contributed by atoms with Crippen LogP contribution in [0.1, 0.15) is 61.3 Å². The van der Waals surface area contributed by atoms with Crippen LogP contribution in [0.5, 0.6) is 0 Å². The van der Waals surface area contributed by atoms with E-state index in [4.69, 9.17) is 57.8 Å². The first-order valence-electron chi connectivity index (χ1n) is 25.7. The van der Waals surface area contributed by atoms with Gasteiger partial charge in [0, 0.05) is 51.7 Å². The average Bonchev–Trinajstić information content (AvgIpc) is 4.08. The molecule has 31 nitrogen and oxygen atoms in total. The van der Waals surface area contributed by atoms with Gasteiger partial charge in [-0.1, -0.05) is 6.92 Å².